The molecule has 1 aromatic heterocycles. The van der Waals surface area contributed by atoms with E-state index in [2.05, 4.69) is 14.9 Å². The molecule has 0 amide bonds. The molecule has 0 aliphatic carbocycles. The number of benzene rings is 1. The Morgan fingerprint density at radius 2 is 2.15 bits per heavy atom. The number of rotatable bonds is 5. The summed E-state index contributed by atoms with van der Waals surface area (Å²) in [5.41, 5.74) is 0.124. The second kappa shape index (κ2) is 5.81. The molecule has 0 fully saturated rings. The van der Waals surface area contributed by atoms with E-state index in [1.54, 1.807) is 30.1 Å². The third-order valence-corrected chi connectivity index (χ3v) is 4.26. The van der Waals surface area contributed by atoms with E-state index in [1.807, 2.05) is 6.07 Å². The summed E-state index contributed by atoms with van der Waals surface area (Å²) in [5.74, 6) is 0.682. The lowest BCUT2D eigenvalue weighted by Gasteiger charge is -2.07. The Morgan fingerprint density at radius 3 is 2.80 bits per heavy atom. The zero-order valence-electron chi connectivity index (χ0n) is 10.8. The first kappa shape index (κ1) is 14.2. The van der Waals surface area contributed by atoms with E-state index >= 15 is 0 Å². The number of hydrogen-bond acceptors (Lipinski definition) is 5. The van der Waals surface area contributed by atoms with Gasteiger partial charge in [-0.1, -0.05) is 12.1 Å². The van der Waals surface area contributed by atoms with Crippen molar-refractivity contribution in [3.8, 4) is 6.07 Å². The molecule has 104 valence electrons. The van der Waals surface area contributed by atoms with Gasteiger partial charge in [0.15, 0.2) is 0 Å². The van der Waals surface area contributed by atoms with Crippen LogP contribution in [0.2, 0.25) is 0 Å². The molecule has 1 aromatic carbocycles. The van der Waals surface area contributed by atoms with Crippen LogP contribution in [0.3, 0.4) is 0 Å². The van der Waals surface area contributed by atoms with Gasteiger partial charge in [-0.05, 0) is 12.1 Å². The number of nitrogens with one attached hydrogen (secondary N) is 1. The first-order valence-electron chi connectivity index (χ1n) is 5.86. The maximum absolute atomic E-state index is 12.1. The molecule has 0 atom stereocenters. The van der Waals surface area contributed by atoms with Gasteiger partial charge in [0.25, 0.3) is 0 Å². The minimum atomic E-state index is -3.70. The summed E-state index contributed by atoms with van der Waals surface area (Å²) >= 11 is 0. The Hall–Kier alpha value is -2.24. The number of aryl methyl sites for hydroxylation is 1. The second-order valence-electron chi connectivity index (χ2n) is 4.11. The van der Waals surface area contributed by atoms with Gasteiger partial charge in [0, 0.05) is 20.0 Å². The predicted molar refractivity (Wildman–Crippen MR) is 71.1 cm³/mol. The molecule has 0 bridgehead atoms. The first-order valence-corrected chi connectivity index (χ1v) is 7.34. The fraction of sp³-hybridized carbons (Fsp3) is 0.250. The maximum Gasteiger partial charge on any atom is 0.241 e. The van der Waals surface area contributed by atoms with Crippen molar-refractivity contribution in [1.82, 2.24) is 19.5 Å². The quantitative estimate of drug-likeness (QED) is 0.848. The first-order chi connectivity index (χ1) is 9.54. The van der Waals surface area contributed by atoms with Crippen LogP contribution in [0.1, 0.15) is 11.4 Å². The number of aromatic nitrogens is 3. The smallest absolute Gasteiger partial charge is 0.241 e. The molecule has 1 N–H and O–H groups in total. The van der Waals surface area contributed by atoms with E-state index in [9.17, 15) is 8.42 Å². The van der Waals surface area contributed by atoms with Crippen LogP contribution in [-0.2, 0) is 23.5 Å². The molecule has 0 radical (unpaired) electrons. The molecule has 0 saturated heterocycles. The van der Waals surface area contributed by atoms with Crippen LogP contribution in [-0.4, -0.2) is 29.7 Å². The topological polar surface area (TPSA) is 101 Å². The molecule has 1 heterocycles. The van der Waals surface area contributed by atoms with Crippen LogP contribution in [0.4, 0.5) is 0 Å². The Labute approximate surface area is 116 Å². The summed E-state index contributed by atoms with van der Waals surface area (Å²) in [5, 5.41) is 16.5. The second-order valence-corrected chi connectivity index (χ2v) is 5.85. The minimum Gasteiger partial charge on any atom is -0.321 e. The fourth-order valence-electron chi connectivity index (χ4n) is 1.70. The Bertz CT molecular complexity index is 745. The van der Waals surface area contributed by atoms with Crippen molar-refractivity contribution in [2.45, 2.75) is 11.3 Å². The van der Waals surface area contributed by atoms with E-state index in [0.29, 0.717) is 12.2 Å². The summed E-state index contributed by atoms with van der Waals surface area (Å²) in [4.78, 5) is -0.0135. The third kappa shape index (κ3) is 3.01. The van der Waals surface area contributed by atoms with Crippen LogP contribution >= 0.6 is 0 Å². The Kier molecular flexibility index (Phi) is 4.12. The van der Waals surface area contributed by atoms with E-state index in [4.69, 9.17) is 5.26 Å². The number of sulfonamides is 1. The number of nitrogens with zero attached hydrogens (tertiary/aromatic N) is 4. The summed E-state index contributed by atoms with van der Waals surface area (Å²) in [7, 11) is -1.91. The van der Waals surface area contributed by atoms with Crippen molar-refractivity contribution >= 4 is 10.0 Å². The van der Waals surface area contributed by atoms with Crippen LogP contribution in [0.25, 0.3) is 0 Å². The molecule has 2 aromatic rings. The number of nitriles is 1. The highest BCUT2D eigenvalue weighted by Gasteiger charge is 2.17. The van der Waals surface area contributed by atoms with Crippen molar-refractivity contribution in [1.29, 1.82) is 5.26 Å². The molecule has 0 spiro atoms. The zero-order valence-corrected chi connectivity index (χ0v) is 11.6. The fourth-order valence-corrected chi connectivity index (χ4v) is 2.89. The van der Waals surface area contributed by atoms with Crippen LogP contribution in [0, 0.1) is 11.3 Å². The van der Waals surface area contributed by atoms with E-state index in [1.165, 1.54) is 12.1 Å². The lowest BCUT2D eigenvalue weighted by Crippen LogP contribution is -2.27. The van der Waals surface area contributed by atoms with Gasteiger partial charge in [-0.2, -0.15) is 5.26 Å². The standard InChI is InChI=1S/C12H13N5O2S/c1-17-9-14-16-12(17)6-7-15-20(18,19)11-5-3-2-4-10(11)8-13/h2-5,9,15H,6-7H2,1H3. The SMILES string of the molecule is Cn1cnnc1CCNS(=O)(=O)c1ccccc1C#N. The van der Waals surface area contributed by atoms with Crippen molar-refractivity contribution in [3.63, 3.8) is 0 Å². The highest BCUT2D eigenvalue weighted by molar-refractivity contribution is 7.89. The molecule has 0 aliphatic rings. The number of hydrogen-bond donors (Lipinski definition) is 1. The summed E-state index contributed by atoms with van der Waals surface area (Å²) in [6, 6.07) is 7.95. The van der Waals surface area contributed by atoms with Gasteiger partial charge in [-0.15, -0.1) is 10.2 Å². The van der Waals surface area contributed by atoms with Crippen molar-refractivity contribution in [3.05, 3.63) is 42.0 Å². The van der Waals surface area contributed by atoms with Gasteiger partial charge in [0.2, 0.25) is 10.0 Å². The van der Waals surface area contributed by atoms with E-state index in [-0.39, 0.29) is 17.0 Å². The Balaban J connectivity index is 2.09. The van der Waals surface area contributed by atoms with E-state index in [0.717, 1.165) is 0 Å². The average Bonchev–Trinajstić information content (AvgIpc) is 2.84. The third-order valence-electron chi connectivity index (χ3n) is 2.74. The predicted octanol–water partition coefficient (Wildman–Crippen LogP) is 0.208. The minimum absolute atomic E-state index is 0.0135. The molecule has 0 unspecified atom stereocenters. The van der Waals surface area contributed by atoms with Crippen molar-refractivity contribution in [2.24, 2.45) is 7.05 Å². The van der Waals surface area contributed by atoms with Gasteiger partial charge in [-0.25, -0.2) is 13.1 Å². The Morgan fingerprint density at radius 1 is 1.40 bits per heavy atom. The van der Waals surface area contributed by atoms with Gasteiger partial charge >= 0.3 is 0 Å². The van der Waals surface area contributed by atoms with Crippen LogP contribution in [0.15, 0.2) is 35.5 Å². The molecule has 20 heavy (non-hydrogen) atoms. The average molecular weight is 291 g/mol. The lowest BCUT2D eigenvalue weighted by molar-refractivity contribution is 0.579. The van der Waals surface area contributed by atoms with Gasteiger partial charge in [0.1, 0.15) is 18.2 Å². The van der Waals surface area contributed by atoms with Crippen molar-refractivity contribution in [2.75, 3.05) is 6.54 Å². The van der Waals surface area contributed by atoms with Crippen molar-refractivity contribution < 1.29 is 8.42 Å². The molecule has 0 aliphatic heterocycles. The molecule has 7 nitrogen and oxygen atoms in total. The molecular weight excluding hydrogens is 278 g/mol. The van der Waals surface area contributed by atoms with Gasteiger partial charge in [-0.3, -0.25) is 0 Å². The highest BCUT2D eigenvalue weighted by atomic mass is 32.2. The molecule has 2 rings (SSSR count). The maximum atomic E-state index is 12.1. The molecule has 0 saturated carbocycles. The van der Waals surface area contributed by atoms with Crippen LogP contribution < -0.4 is 4.72 Å². The molecule has 8 heteroatoms. The lowest BCUT2D eigenvalue weighted by atomic mass is 10.2. The van der Waals surface area contributed by atoms with Gasteiger partial charge < -0.3 is 4.57 Å². The molecular formula is C12H13N5O2S. The van der Waals surface area contributed by atoms with E-state index < -0.39 is 10.0 Å². The summed E-state index contributed by atoms with van der Waals surface area (Å²) in [6.07, 6.45) is 1.97. The highest BCUT2D eigenvalue weighted by Crippen LogP contribution is 2.13. The van der Waals surface area contributed by atoms with Gasteiger partial charge in [0.05, 0.1) is 10.5 Å². The normalized spacial score (nSPS) is 11.2. The summed E-state index contributed by atoms with van der Waals surface area (Å²) in [6.45, 7) is 0.189. The summed E-state index contributed by atoms with van der Waals surface area (Å²) < 4.78 is 28.4. The monoisotopic (exact) mass is 291 g/mol. The zero-order chi connectivity index (χ0) is 14.6. The largest absolute Gasteiger partial charge is 0.321 e. The van der Waals surface area contributed by atoms with Crippen LogP contribution in [0.5, 0.6) is 0 Å².